The smallest absolute Gasteiger partial charge is 0.243 e. The monoisotopic (exact) mass is 298 g/mol. The first kappa shape index (κ1) is 14.3. The Hall–Kier alpha value is -0.630. The highest BCUT2D eigenvalue weighted by Gasteiger charge is 2.35. The lowest BCUT2D eigenvalue weighted by atomic mass is 10.2. The summed E-state index contributed by atoms with van der Waals surface area (Å²) >= 11 is 1.77. The van der Waals surface area contributed by atoms with Crippen LogP contribution in [0, 0.1) is 0 Å². The van der Waals surface area contributed by atoms with E-state index in [0.29, 0.717) is 17.8 Å². The summed E-state index contributed by atoms with van der Waals surface area (Å²) in [6.45, 7) is 2.79. The minimum absolute atomic E-state index is 0.0744. The van der Waals surface area contributed by atoms with E-state index in [1.807, 2.05) is 0 Å². The maximum absolute atomic E-state index is 6.05. The molecule has 2 fully saturated rings. The van der Waals surface area contributed by atoms with Gasteiger partial charge in [-0.2, -0.15) is 16.7 Å². The summed E-state index contributed by atoms with van der Waals surface area (Å²) in [4.78, 5) is 6.91. The molecule has 0 spiro atoms. The van der Waals surface area contributed by atoms with Crippen LogP contribution in [0.4, 0.5) is 0 Å². The third kappa shape index (κ3) is 3.00. The minimum atomic E-state index is -0.174. The highest BCUT2D eigenvalue weighted by Crippen LogP contribution is 2.29. The van der Waals surface area contributed by atoms with E-state index in [1.54, 1.807) is 11.8 Å². The summed E-state index contributed by atoms with van der Waals surface area (Å²) in [5.41, 5.74) is 6.05. The Morgan fingerprint density at radius 3 is 3.30 bits per heavy atom. The van der Waals surface area contributed by atoms with Crippen molar-refractivity contribution in [2.45, 2.75) is 37.5 Å². The predicted octanol–water partition coefficient (Wildman–Crippen LogP) is 1.36. The molecule has 0 saturated carbocycles. The molecule has 0 aromatic carbocycles. The van der Waals surface area contributed by atoms with Crippen molar-refractivity contribution >= 4 is 11.8 Å². The quantitative estimate of drug-likeness (QED) is 0.879. The molecule has 112 valence electrons. The van der Waals surface area contributed by atoms with Crippen LogP contribution in [-0.4, -0.2) is 52.8 Å². The molecule has 1 aromatic rings. The standard InChI is InChI=1S/C13H22N4O2S/c1-20-6-4-10(14)13-15-12(16-19-13)11-7-17-5-2-3-9(17)8-18-11/h9-11H,2-8,14H2,1H3/t9?,10-,11?/m0/s1. The second kappa shape index (κ2) is 6.43. The first-order valence-corrected chi connectivity index (χ1v) is 8.61. The van der Waals surface area contributed by atoms with E-state index in [0.717, 1.165) is 31.9 Å². The van der Waals surface area contributed by atoms with Crippen LogP contribution >= 0.6 is 11.8 Å². The average molecular weight is 298 g/mol. The van der Waals surface area contributed by atoms with Crippen molar-refractivity contribution in [3.8, 4) is 0 Å². The molecule has 20 heavy (non-hydrogen) atoms. The normalized spacial score (nSPS) is 28.5. The zero-order chi connectivity index (χ0) is 13.9. The highest BCUT2D eigenvalue weighted by molar-refractivity contribution is 7.98. The summed E-state index contributed by atoms with van der Waals surface area (Å²) in [6.07, 6.45) is 5.34. The number of rotatable bonds is 5. The van der Waals surface area contributed by atoms with Gasteiger partial charge < -0.3 is 15.0 Å². The van der Waals surface area contributed by atoms with Crippen molar-refractivity contribution < 1.29 is 9.26 Å². The van der Waals surface area contributed by atoms with Gasteiger partial charge in [-0.05, 0) is 37.8 Å². The third-order valence-corrected chi connectivity index (χ3v) is 4.73. The van der Waals surface area contributed by atoms with E-state index in [9.17, 15) is 0 Å². The van der Waals surface area contributed by atoms with Gasteiger partial charge in [0, 0.05) is 12.6 Å². The van der Waals surface area contributed by atoms with Gasteiger partial charge in [0.15, 0.2) is 0 Å². The topological polar surface area (TPSA) is 77.4 Å². The SMILES string of the molecule is CSCC[C@H](N)c1nc(C2CN3CCCC3CO2)no1. The molecule has 0 aliphatic carbocycles. The Morgan fingerprint density at radius 2 is 2.45 bits per heavy atom. The Kier molecular flexibility index (Phi) is 4.60. The van der Waals surface area contributed by atoms with Crippen LogP contribution in [0.1, 0.15) is 43.1 Å². The van der Waals surface area contributed by atoms with Crippen molar-refractivity contribution in [3.63, 3.8) is 0 Å². The number of nitrogens with zero attached hydrogens (tertiary/aromatic N) is 3. The summed E-state index contributed by atoms with van der Waals surface area (Å²) in [6, 6.07) is 0.410. The van der Waals surface area contributed by atoms with Crippen molar-refractivity contribution in [3.05, 3.63) is 11.7 Å². The number of thioether (sulfide) groups is 1. The van der Waals surface area contributed by atoms with Crippen molar-refractivity contribution in [2.24, 2.45) is 5.73 Å². The molecule has 0 radical (unpaired) electrons. The number of nitrogens with two attached hydrogens (primary N) is 1. The number of hydrogen-bond donors (Lipinski definition) is 1. The van der Waals surface area contributed by atoms with E-state index in [4.69, 9.17) is 15.0 Å². The molecule has 1 aromatic heterocycles. The van der Waals surface area contributed by atoms with Crippen LogP contribution < -0.4 is 5.73 Å². The van der Waals surface area contributed by atoms with Gasteiger partial charge in [0.05, 0.1) is 12.6 Å². The molecule has 2 unspecified atom stereocenters. The molecule has 0 amide bonds. The number of hydrogen-bond acceptors (Lipinski definition) is 7. The summed E-state index contributed by atoms with van der Waals surface area (Å²) in [7, 11) is 0. The zero-order valence-corrected chi connectivity index (χ0v) is 12.6. The molecule has 2 N–H and O–H groups in total. The van der Waals surface area contributed by atoms with Crippen LogP contribution in [0.2, 0.25) is 0 Å². The molecule has 3 heterocycles. The summed E-state index contributed by atoms with van der Waals surface area (Å²) in [5.74, 6) is 2.17. The fourth-order valence-electron chi connectivity index (χ4n) is 2.87. The van der Waals surface area contributed by atoms with Crippen molar-refractivity contribution in [2.75, 3.05) is 31.7 Å². The maximum Gasteiger partial charge on any atom is 0.243 e. The Bertz CT molecular complexity index is 442. The molecule has 3 rings (SSSR count). The van der Waals surface area contributed by atoms with Gasteiger partial charge in [0.25, 0.3) is 0 Å². The van der Waals surface area contributed by atoms with Crippen LogP contribution in [0.5, 0.6) is 0 Å². The largest absolute Gasteiger partial charge is 0.367 e. The Morgan fingerprint density at radius 1 is 1.55 bits per heavy atom. The first-order valence-electron chi connectivity index (χ1n) is 7.21. The average Bonchev–Trinajstić information content (AvgIpc) is 3.12. The third-order valence-electron chi connectivity index (χ3n) is 4.08. The van der Waals surface area contributed by atoms with Crippen LogP contribution in [0.15, 0.2) is 4.52 Å². The lowest BCUT2D eigenvalue weighted by Crippen LogP contribution is -2.42. The summed E-state index contributed by atoms with van der Waals surface area (Å²) in [5, 5.41) is 4.06. The van der Waals surface area contributed by atoms with Gasteiger partial charge in [-0.25, -0.2) is 0 Å². The molecule has 2 aliphatic rings. The molecule has 2 saturated heterocycles. The van der Waals surface area contributed by atoms with E-state index in [1.165, 1.54) is 12.8 Å². The highest BCUT2D eigenvalue weighted by atomic mass is 32.2. The zero-order valence-electron chi connectivity index (χ0n) is 11.8. The van der Waals surface area contributed by atoms with Crippen LogP contribution in [0.25, 0.3) is 0 Å². The number of morpholine rings is 1. The second-order valence-corrected chi connectivity index (χ2v) is 6.48. The van der Waals surface area contributed by atoms with Gasteiger partial charge in [-0.15, -0.1) is 0 Å². The minimum Gasteiger partial charge on any atom is -0.367 e. The van der Waals surface area contributed by atoms with Gasteiger partial charge in [0.2, 0.25) is 11.7 Å². The maximum atomic E-state index is 6.05. The fourth-order valence-corrected chi connectivity index (χ4v) is 3.36. The number of fused-ring (bicyclic) bond motifs is 1. The van der Waals surface area contributed by atoms with Crippen molar-refractivity contribution in [1.82, 2.24) is 15.0 Å². The van der Waals surface area contributed by atoms with Crippen LogP contribution in [-0.2, 0) is 4.74 Å². The van der Waals surface area contributed by atoms with Crippen LogP contribution in [0.3, 0.4) is 0 Å². The lowest BCUT2D eigenvalue weighted by Gasteiger charge is -2.33. The van der Waals surface area contributed by atoms with E-state index >= 15 is 0 Å². The fraction of sp³-hybridized carbons (Fsp3) is 0.846. The summed E-state index contributed by atoms with van der Waals surface area (Å²) < 4.78 is 11.2. The number of ether oxygens (including phenoxy) is 1. The Balaban J connectivity index is 1.61. The molecular weight excluding hydrogens is 276 g/mol. The predicted molar refractivity (Wildman–Crippen MR) is 77.5 cm³/mol. The molecular formula is C13H22N4O2S. The Labute approximate surface area is 123 Å². The molecule has 6 nitrogen and oxygen atoms in total. The van der Waals surface area contributed by atoms with E-state index in [2.05, 4.69) is 21.3 Å². The first-order chi connectivity index (χ1) is 9.78. The van der Waals surface area contributed by atoms with Gasteiger partial charge in [-0.3, -0.25) is 4.90 Å². The molecule has 0 bridgehead atoms. The molecule has 2 aliphatic heterocycles. The second-order valence-electron chi connectivity index (χ2n) is 5.49. The van der Waals surface area contributed by atoms with Gasteiger partial charge in [-0.1, -0.05) is 5.16 Å². The lowest BCUT2D eigenvalue weighted by molar-refractivity contribution is -0.0548. The van der Waals surface area contributed by atoms with Gasteiger partial charge >= 0.3 is 0 Å². The van der Waals surface area contributed by atoms with E-state index in [-0.39, 0.29) is 12.1 Å². The van der Waals surface area contributed by atoms with Crippen molar-refractivity contribution in [1.29, 1.82) is 0 Å². The molecule has 7 heteroatoms. The van der Waals surface area contributed by atoms with E-state index < -0.39 is 0 Å². The van der Waals surface area contributed by atoms with Gasteiger partial charge in [0.1, 0.15) is 6.10 Å². The molecule has 3 atom stereocenters. The number of aromatic nitrogens is 2.